The highest BCUT2D eigenvalue weighted by Gasteiger charge is 2.15. The summed E-state index contributed by atoms with van der Waals surface area (Å²) in [6, 6.07) is 10.4. The second-order valence-electron chi connectivity index (χ2n) is 5.58. The van der Waals surface area contributed by atoms with Crippen LogP contribution >= 0.6 is 0 Å². The molecule has 0 aliphatic carbocycles. The third-order valence-corrected chi connectivity index (χ3v) is 3.90. The van der Waals surface area contributed by atoms with Crippen LogP contribution in [0, 0.1) is 0 Å². The maximum Gasteiger partial charge on any atom is 0.290 e. The fraction of sp³-hybridized carbons (Fsp3) is 0.389. The van der Waals surface area contributed by atoms with Gasteiger partial charge >= 0.3 is 0 Å². The smallest absolute Gasteiger partial charge is 0.290 e. The third-order valence-electron chi connectivity index (χ3n) is 3.90. The predicted octanol–water partition coefficient (Wildman–Crippen LogP) is 2.14. The average molecular weight is 346 g/mol. The number of amides is 1. The number of ether oxygens (including phenoxy) is 3. The number of para-hydroxylation sites is 2. The lowest BCUT2D eigenvalue weighted by Crippen LogP contribution is -2.41. The average Bonchev–Trinajstić information content (AvgIpc) is 3.12. The van der Waals surface area contributed by atoms with Crippen LogP contribution in [0.1, 0.15) is 10.6 Å². The van der Waals surface area contributed by atoms with E-state index in [-0.39, 0.29) is 17.6 Å². The SMILES string of the molecule is COc1ccccc1Oc1ccc(C(=O)NCCN2CCOCC2)o1. The quantitative estimate of drug-likeness (QED) is 0.828. The molecule has 1 aliphatic heterocycles. The first-order valence-corrected chi connectivity index (χ1v) is 8.25. The molecule has 0 spiro atoms. The number of carbonyl (C=O) groups excluding carboxylic acids is 1. The zero-order valence-electron chi connectivity index (χ0n) is 14.2. The second kappa shape index (κ2) is 8.55. The summed E-state index contributed by atoms with van der Waals surface area (Å²) >= 11 is 0. The topological polar surface area (TPSA) is 73.2 Å². The lowest BCUT2D eigenvalue weighted by molar-refractivity contribution is 0.0382. The van der Waals surface area contributed by atoms with E-state index < -0.39 is 0 Å². The fourth-order valence-corrected chi connectivity index (χ4v) is 2.55. The van der Waals surface area contributed by atoms with Gasteiger partial charge in [-0.2, -0.15) is 0 Å². The molecule has 2 heterocycles. The summed E-state index contributed by atoms with van der Waals surface area (Å²) in [5.41, 5.74) is 0. The molecule has 1 N–H and O–H groups in total. The largest absolute Gasteiger partial charge is 0.493 e. The van der Waals surface area contributed by atoms with Crippen molar-refractivity contribution in [2.24, 2.45) is 0 Å². The molecule has 0 saturated carbocycles. The lowest BCUT2D eigenvalue weighted by atomic mass is 10.3. The number of nitrogens with one attached hydrogen (secondary N) is 1. The summed E-state index contributed by atoms with van der Waals surface area (Å²) in [6.45, 7) is 4.63. The van der Waals surface area contributed by atoms with Crippen molar-refractivity contribution >= 4 is 5.91 Å². The number of hydrogen-bond donors (Lipinski definition) is 1. The van der Waals surface area contributed by atoms with Gasteiger partial charge in [-0.25, -0.2) is 0 Å². The molecular formula is C18H22N2O5. The highest BCUT2D eigenvalue weighted by Crippen LogP contribution is 2.31. The van der Waals surface area contributed by atoms with Crippen molar-refractivity contribution in [2.75, 3.05) is 46.5 Å². The van der Waals surface area contributed by atoms with Gasteiger partial charge < -0.3 is 23.9 Å². The van der Waals surface area contributed by atoms with Gasteiger partial charge in [-0.15, -0.1) is 0 Å². The first-order valence-electron chi connectivity index (χ1n) is 8.25. The monoisotopic (exact) mass is 346 g/mol. The Morgan fingerprint density at radius 3 is 2.68 bits per heavy atom. The van der Waals surface area contributed by atoms with Crippen LogP contribution < -0.4 is 14.8 Å². The van der Waals surface area contributed by atoms with E-state index in [1.807, 2.05) is 12.1 Å². The molecule has 0 bridgehead atoms. The van der Waals surface area contributed by atoms with E-state index in [0.29, 0.717) is 18.0 Å². The molecule has 0 unspecified atom stereocenters. The molecule has 1 aliphatic rings. The maximum absolute atomic E-state index is 12.1. The molecule has 1 amide bonds. The molecular weight excluding hydrogens is 324 g/mol. The first kappa shape index (κ1) is 17.3. The Bertz CT molecular complexity index is 694. The highest BCUT2D eigenvalue weighted by atomic mass is 16.6. The lowest BCUT2D eigenvalue weighted by Gasteiger charge is -2.26. The van der Waals surface area contributed by atoms with Gasteiger partial charge in [0.15, 0.2) is 17.3 Å². The zero-order chi connectivity index (χ0) is 17.5. The van der Waals surface area contributed by atoms with Gasteiger partial charge in [0, 0.05) is 32.2 Å². The van der Waals surface area contributed by atoms with Crippen molar-refractivity contribution in [1.82, 2.24) is 10.2 Å². The number of morpholine rings is 1. The third kappa shape index (κ3) is 4.74. The Labute approximate surface area is 146 Å². The Morgan fingerprint density at radius 1 is 1.16 bits per heavy atom. The maximum atomic E-state index is 12.1. The summed E-state index contributed by atoms with van der Waals surface area (Å²) in [5, 5.41) is 2.85. The molecule has 0 atom stereocenters. The number of rotatable bonds is 7. The van der Waals surface area contributed by atoms with Gasteiger partial charge in [-0.1, -0.05) is 12.1 Å². The van der Waals surface area contributed by atoms with Gasteiger partial charge in [-0.05, 0) is 18.2 Å². The molecule has 7 heteroatoms. The molecule has 3 rings (SSSR count). The molecule has 7 nitrogen and oxygen atoms in total. The van der Waals surface area contributed by atoms with Gasteiger partial charge in [0.1, 0.15) is 0 Å². The van der Waals surface area contributed by atoms with Crippen LogP contribution in [0.4, 0.5) is 0 Å². The molecule has 1 aromatic heterocycles. The predicted molar refractivity (Wildman–Crippen MR) is 91.4 cm³/mol. The normalized spacial score (nSPS) is 14.9. The van der Waals surface area contributed by atoms with Gasteiger partial charge in [0.05, 0.1) is 20.3 Å². The summed E-state index contributed by atoms with van der Waals surface area (Å²) in [6.07, 6.45) is 0. The van der Waals surface area contributed by atoms with Gasteiger partial charge in [0.25, 0.3) is 11.9 Å². The van der Waals surface area contributed by atoms with Gasteiger partial charge in [0.2, 0.25) is 0 Å². The summed E-state index contributed by atoms with van der Waals surface area (Å²) in [7, 11) is 1.57. The highest BCUT2D eigenvalue weighted by molar-refractivity contribution is 5.91. The summed E-state index contributed by atoms with van der Waals surface area (Å²) in [5.74, 6) is 1.31. The van der Waals surface area contributed by atoms with Crippen molar-refractivity contribution in [1.29, 1.82) is 0 Å². The number of methoxy groups -OCH3 is 1. The van der Waals surface area contributed by atoms with Crippen LogP contribution in [0.15, 0.2) is 40.8 Å². The van der Waals surface area contributed by atoms with E-state index in [4.69, 9.17) is 18.6 Å². The standard InChI is InChI=1S/C18H22N2O5/c1-22-14-4-2-3-5-15(14)24-17-7-6-16(25-17)18(21)19-8-9-20-10-12-23-13-11-20/h2-7H,8-13H2,1H3,(H,19,21). The first-order chi connectivity index (χ1) is 12.3. The zero-order valence-corrected chi connectivity index (χ0v) is 14.2. The number of furan rings is 1. The Balaban J connectivity index is 1.51. The van der Waals surface area contributed by atoms with Crippen molar-refractivity contribution in [3.63, 3.8) is 0 Å². The van der Waals surface area contributed by atoms with E-state index in [1.54, 1.807) is 31.4 Å². The minimum absolute atomic E-state index is 0.215. The van der Waals surface area contributed by atoms with Crippen molar-refractivity contribution in [2.45, 2.75) is 0 Å². The van der Waals surface area contributed by atoms with Crippen molar-refractivity contribution < 1.29 is 23.4 Å². The number of carbonyl (C=O) groups is 1. The number of benzene rings is 1. The molecule has 1 saturated heterocycles. The number of hydrogen-bond acceptors (Lipinski definition) is 6. The molecule has 2 aromatic rings. The Morgan fingerprint density at radius 2 is 1.92 bits per heavy atom. The van der Waals surface area contributed by atoms with E-state index in [9.17, 15) is 4.79 Å². The fourth-order valence-electron chi connectivity index (χ4n) is 2.55. The van der Waals surface area contributed by atoms with Crippen LogP contribution in [-0.4, -0.2) is 57.3 Å². The molecule has 0 radical (unpaired) electrons. The second-order valence-corrected chi connectivity index (χ2v) is 5.58. The van der Waals surface area contributed by atoms with E-state index in [2.05, 4.69) is 10.2 Å². The van der Waals surface area contributed by atoms with Gasteiger partial charge in [-0.3, -0.25) is 9.69 Å². The van der Waals surface area contributed by atoms with Crippen LogP contribution in [0.25, 0.3) is 0 Å². The number of nitrogens with zero attached hydrogens (tertiary/aromatic N) is 1. The molecule has 1 fully saturated rings. The van der Waals surface area contributed by atoms with E-state index in [0.717, 1.165) is 32.8 Å². The van der Waals surface area contributed by atoms with Crippen molar-refractivity contribution in [3.05, 3.63) is 42.2 Å². The van der Waals surface area contributed by atoms with Crippen LogP contribution in [0.5, 0.6) is 17.4 Å². The van der Waals surface area contributed by atoms with E-state index in [1.165, 1.54) is 0 Å². The minimum Gasteiger partial charge on any atom is -0.493 e. The van der Waals surface area contributed by atoms with Crippen LogP contribution in [-0.2, 0) is 4.74 Å². The summed E-state index contributed by atoms with van der Waals surface area (Å²) in [4.78, 5) is 14.4. The molecule has 134 valence electrons. The molecule has 1 aromatic carbocycles. The van der Waals surface area contributed by atoms with Crippen molar-refractivity contribution in [3.8, 4) is 17.4 Å². The van der Waals surface area contributed by atoms with Crippen LogP contribution in [0.2, 0.25) is 0 Å². The van der Waals surface area contributed by atoms with E-state index >= 15 is 0 Å². The minimum atomic E-state index is -0.261. The van der Waals surface area contributed by atoms with Crippen LogP contribution in [0.3, 0.4) is 0 Å². The Kier molecular flexibility index (Phi) is 5.92. The summed E-state index contributed by atoms with van der Waals surface area (Å²) < 4.78 is 21.6. The molecule has 25 heavy (non-hydrogen) atoms. The Hall–Kier alpha value is -2.51.